The van der Waals surface area contributed by atoms with Gasteiger partial charge in [0.05, 0.1) is 5.75 Å². The summed E-state index contributed by atoms with van der Waals surface area (Å²) >= 11 is 1.73. The maximum atomic E-state index is 5.85. The number of nitrogen functional groups attached to an aromatic ring is 1. The Morgan fingerprint density at radius 3 is 2.94 bits per heavy atom. The van der Waals surface area contributed by atoms with E-state index in [-0.39, 0.29) is 0 Å². The normalized spacial score (nSPS) is 10.6. The number of aromatic nitrogens is 3. The molecule has 0 amide bonds. The third-order valence-electron chi connectivity index (χ3n) is 2.49. The number of benzene rings is 1. The molecule has 2 N–H and O–H groups in total. The third kappa shape index (κ3) is 2.19. The van der Waals surface area contributed by atoms with Gasteiger partial charge < -0.3 is 10.3 Å². The van der Waals surface area contributed by atoms with E-state index in [9.17, 15) is 0 Å². The summed E-state index contributed by atoms with van der Waals surface area (Å²) in [6.07, 6.45) is 1.71. The predicted molar refractivity (Wildman–Crippen MR) is 66.2 cm³/mol. The van der Waals surface area contributed by atoms with Crippen molar-refractivity contribution < 1.29 is 0 Å². The minimum Gasteiger partial charge on any atom is -0.398 e. The Balaban J connectivity index is 2.11. The molecule has 0 saturated carbocycles. The molecule has 0 spiro atoms. The van der Waals surface area contributed by atoms with E-state index in [0.717, 1.165) is 22.8 Å². The van der Waals surface area contributed by atoms with Crippen LogP contribution in [0.4, 0.5) is 5.69 Å². The molecule has 0 saturated heterocycles. The van der Waals surface area contributed by atoms with E-state index in [0.29, 0.717) is 0 Å². The van der Waals surface area contributed by atoms with Crippen molar-refractivity contribution in [2.45, 2.75) is 17.6 Å². The van der Waals surface area contributed by atoms with E-state index in [1.807, 2.05) is 30.7 Å². The van der Waals surface area contributed by atoms with Crippen molar-refractivity contribution in [2.75, 3.05) is 5.73 Å². The van der Waals surface area contributed by atoms with Gasteiger partial charge in [0, 0.05) is 17.6 Å². The van der Waals surface area contributed by atoms with Gasteiger partial charge in [-0.3, -0.25) is 0 Å². The van der Waals surface area contributed by atoms with Crippen molar-refractivity contribution in [1.29, 1.82) is 0 Å². The van der Waals surface area contributed by atoms with Crippen molar-refractivity contribution in [1.82, 2.24) is 14.8 Å². The number of hydrogen-bond donors (Lipinski definition) is 1. The van der Waals surface area contributed by atoms with Crippen LogP contribution in [0.5, 0.6) is 0 Å². The highest BCUT2D eigenvalue weighted by molar-refractivity contribution is 7.98. The van der Waals surface area contributed by atoms with Crippen molar-refractivity contribution >= 4 is 17.4 Å². The molecule has 4 nitrogen and oxygen atoms in total. The summed E-state index contributed by atoms with van der Waals surface area (Å²) < 4.78 is 1.93. The highest BCUT2D eigenvalue weighted by atomic mass is 32.2. The molecule has 16 heavy (non-hydrogen) atoms. The molecule has 1 heterocycles. The fourth-order valence-corrected chi connectivity index (χ4v) is 2.42. The number of anilines is 1. The summed E-state index contributed by atoms with van der Waals surface area (Å²) in [6, 6.07) is 5.97. The SMILES string of the molecule is Cc1c(N)cccc1SCc1nncn1C. The molecule has 0 unspecified atom stereocenters. The first kappa shape index (κ1) is 11.0. The van der Waals surface area contributed by atoms with Gasteiger partial charge in [0.1, 0.15) is 12.2 Å². The minimum absolute atomic E-state index is 0.806. The maximum absolute atomic E-state index is 5.85. The van der Waals surface area contributed by atoms with Gasteiger partial charge in [-0.1, -0.05) is 6.07 Å². The van der Waals surface area contributed by atoms with Gasteiger partial charge in [-0.25, -0.2) is 0 Å². The van der Waals surface area contributed by atoms with Crippen LogP contribution in [-0.2, 0) is 12.8 Å². The molecular formula is C11H14N4S. The Hall–Kier alpha value is -1.49. The van der Waals surface area contributed by atoms with Crippen molar-refractivity contribution in [3.8, 4) is 0 Å². The van der Waals surface area contributed by atoms with E-state index < -0.39 is 0 Å². The number of thioether (sulfide) groups is 1. The average molecular weight is 234 g/mol. The predicted octanol–water partition coefficient (Wildman–Crippen LogP) is 2.00. The van der Waals surface area contributed by atoms with Crippen LogP contribution in [0.2, 0.25) is 0 Å². The molecule has 84 valence electrons. The summed E-state index contributed by atoms with van der Waals surface area (Å²) in [5, 5.41) is 7.89. The van der Waals surface area contributed by atoms with Crippen LogP contribution in [-0.4, -0.2) is 14.8 Å². The van der Waals surface area contributed by atoms with Crippen LogP contribution in [0.3, 0.4) is 0 Å². The lowest BCUT2D eigenvalue weighted by molar-refractivity contribution is 0.849. The molecule has 1 aromatic carbocycles. The zero-order valence-corrected chi connectivity index (χ0v) is 10.2. The van der Waals surface area contributed by atoms with E-state index in [1.54, 1.807) is 18.1 Å². The molecule has 0 aliphatic heterocycles. The summed E-state index contributed by atoms with van der Waals surface area (Å²) in [5.41, 5.74) is 7.82. The number of hydrogen-bond acceptors (Lipinski definition) is 4. The van der Waals surface area contributed by atoms with E-state index in [2.05, 4.69) is 16.3 Å². The van der Waals surface area contributed by atoms with Gasteiger partial charge in [0.2, 0.25) is 0 Å². The first-order valence-electron chi connectivity index (χ1n) is 4.99. The molecule has 0 radical (unpaired) electrons. The largest absolute Gasteiger partial charge is 0.398 e. The number of aryl methyl sites for hydroxylation is 1. The zero-order chi connectivity index (χ0) is 11.5. The second-order valence-corrected chi connectivity index (χ2v) is 4.63. The van der Waals surface area contributed by atoms with Gasteiger partial charge in [-0.2, -0.15) is 0 Å². The van der Waals surface area contributed by atoms with Crippen LogP contribution < -0.4 is 5.73 Å². The van der Waals surface area contributed by atoms with Gasteiger partial charge in [-0.15, -0.1) is 22.0 Å². The lowest BCUT2D eigenvalue weighted by Gasteiger charge is -2.07. The quantitative estimate of drug-likeness (QED) is 0.652. The van der Waals surface area contributed by atoms with Gasteiger partial charge in [0.15, 0.2) is 0 Å². The van der Waals surface area contributed by atoms with Crippen LogP contribution in [0.25, 0.3) is 0 Å². The fraction of sp³-hybridized carbons (Fsp3) is 0.273. The zero-order valence-electron chi connectivity index (χ0n) is 9.34. The second-order valence-electron chi connectivity index (χ2n) is 3.62. The second kappa shape index (κ2) is 4.57. The topological polar surface area (TPSA) is 56.7 Å². The van der Waals surface area contributed by atoms with E-state index >= 15 is 0 Å². The molecule has 0 aliphatic rings. The molecule has 2 aromatic rings. The Morgan fingerprint density at radius 2 is 2.25 bits per heavy atom. The standard InChI is InChI=1S/C11H14N4S/c1-8-9(12)4-3-5-10(8)16-6-11-14-13-7-15(11)2/h3-5,7H,6,12H2,1-2H3. The Labute approximate surface area is 98.9 Å². The van der Waals surface area contributed by atoms with E-state index in [4.69, 9.17) is 5.73 Å². The number of nitrogens with zero attached hydrogens (tertiary/aromatic N) is 3. The molecular weight excluding hydrogens is 220 g/mol. The Bertz CT molecular complexity index is 492. The van der Waals surface area contributed by atoms with Crippen LogP contribution in [0.15, 0.2) is 29.4 Å². The summed E-state index contributed by atoms with van der Waals surface area (Å²) in [6.45, 7) is 2.04. The molecule has 0 fully saturated rings. The highest BCUT2D eigenvalue weighted by Gasteiger charge is 2.05. The van der Waals surface area contributed by atoms with Crippen molar-refractivity contribution in [3.63, 3.8) is 0 Å². The van der Waals surface area contributed by atoms with Gasteiger partial charge >= 0.3 is 0 Å². The molecule has 0 atom stereocenters. The van der Waals surface area contributed by atoms with E-state index in [1.165, 1.54) is 4.90 Å². The third-order valence-corrected chi connectivity index (χ3v) is 3.64. The molecule has 0 bridgehead atoms. The maximum Gasteiger partial charge on any atom is 0.142 e. The molecule has 0 aliphatic carbocycles. The highest BCUT2D eigenvalue weighted by Crippen LogP contribution is 2.28. The van der Waals surface area contributed by atoms with Crippen molar-refractivity contribution in [3.05, 3.63) is 35.9 Å². The molecule has 2 rings (SSSR count). The smallest absolute Gasteiger partial charge is 0.142 e. The molecule has 5 heteroatoms. The first-order chi connectivity index (χ1) is 7.68. The van der Waals surface area contributed by atoms with Gasteiger partial charge in [0.25, 0.3) is 0 Å². The lowest BCUT2D eigenvalue weighted by Crippen LogP contribution is -1.95. The number of nitrogens with two attached hydrogens (primary N) is 1. The molecule has 1 aromatic heterocycles. The van der Waals surface area contributed by atoms with Crippen LogP contribution in [0.1, 0.15) is 11.4 Å². The van der Waals surface area contributed by atoms with Gasteiger partial charge in [-0.05, 0) is 24.6 Å². The minimum atomic E-state index is 0.806. The summed E-state index contributed by atoms with van der Waals surface area (Å²) in [7, 11) is 1.95. The number of rotatable bonds is 3. The summed E-state index contributed by atoms with van der Waals surface area (Å²) in [4.78, 5) is 1.20. The fourth-order valence-electron chi connectivity index (χ4n) is 1.37. The van der Waals surface area contributed by atoms with Crippen LogP contribution in [0, 0.1) is 6.92 Å². The average Bonchev–Trinajstić information content (AvgIpc) is 2.67. The van der Waals surface area contributed by atoms with Crippen molar-refractivity contribution in [2.24, 2.45) is 7.05 Å². The summed E-state index contributed by atoms with van der Waals surface area (Å²) in [5.74, 6) is 1.77. The Morgan fingerprint density at radius 1 is 1.44 bits per heavy atom. The monoisotopic (exact) mass is 234 g/mol. The Kier molecular flexibility index (Phi) is 3.14. The first-order valence-corrected chi connectivity index (χ1v) is 5.98. The lowest BCUT2D eigenvalue weighted by atomic mass is 10.2. The van der Waals surface area contributed by atoms with Crippen LogP contribution >= 0.6 is 11.8 Å².